The Balaban J connectivity index is 1.18. The predicted molar refractivity (Wildman–Crippen MR) is 142 cm³/mol. The van der Waals surface area contributed by atoms with E-state index >= 15 is 0 Å². The van der Waals surface area contributed by atoms with Crippen molar-refractivity contribution in [3.05, 3.63) is 102 Å². The van der Waals surface area contributed by atoms with Crippen molar-refractivity contribution in [1.82, 2.24) is 30.4 Å². The topological polar surface area (TPSA) is 116 Å². The van der Waals surface area contributed by atoms with Crippen LogP contribution in [0.3, 0.4) is 0 Å². The predicted octanol–water partition coefficient (Wildman–Crippen LogP) is 6.47. The Labute approximate surface area is 225 Å². The molecule has 1 atom stereocenters. The molecule has 194 valence electrons. The summed E-state index contributed by atoms with van der Waals surface area (Å²) >= 11 is 0. The van der Waals surface area contributed by atoms with Crippen LogP contribution in [0.25, 0.3) is 45.5 Å². The zero-order chi connectivity index (χ0) is 27.2. The van der Waals surface area contributed by atoms with E-state index in [1.807, 2.05) is 25.1 Å². The molecule has 6 aromatic rings. The molecule has 0 fully saturated rings. The molecule has 0 unspecified atom stereocenters. The van der Waals surface area contributed by atoms with Gasteiger partial charge < -0.3 is 8.83 Å². The first kappa shape index (κ1) is 23.7. The molecule has 40 heavy (non-hydrogen) atoms. The molecule has 1 aliphatic rings. The maximum Gasteiger partial charge on any atom is 0.268 e. The fraction of sp³-hybridized carbons (Fsp3) is 0.0690. The van der Waals surface area contributed by atoms with Gasteiger partial charge in [0.25, 0.3) is 11.8 Å². The van der Waals surface area contributed by atoms with Gasteiger partial charge in [0.2, 0.25) is 11.8 Å². The van der Waals surface area contributed by atoms with E-state index in [2.05, 4.69) is 35.4 Å². The normalized spacial score (nSPS) is 14.7. The van der Waals surface area contributed by atoms with Gasteiger partial charge in [-0.1, -0.05) is 19.1 Å². The highest BCUT2D eigenvalue weighted by Crippen LogP contribution is 2.33. The van der Waals surface area contributed by atoms with E-state index in [4.69, 9.17) is 8.83 Å². The van der Waals surface area contributed by atoms with Crippen molar-refractivity contribution in [2.45, 2.75) is 12.8 Å². The zero-order valence-electron chi connectivity index (χ0n) is 20.8. The molecule has 4 heterocycles. The molecule has 11 heteroatoms. The lowest BCUT2D eigenvalue weighted by Gasteiger charge is -2.08. The Morgan fingerprint density at radius 2 is 1.43 bits per heavy atom. The van der Waals surface area contributed by atoms with Crippen LogP contribution in [0.2, 0.25) is 0 Å². The van der Waals surface area contributed by atoms with Gasteiger partial charge in [0.05, 0.1) is 22.9 Å². The van der Waals surface area contributed by atoms with Gasteiger partial charge in [0.15, 0.2) is 0 Å². The van der Waals surface area contributed by atoms with Crippen molar-refractivity contribution in [1.29, 1.82) is 0 Å². The Bertz CT molecular complexity index is 1980. The maximum absolute atomic E-state index is 13.8. The highest BCUT2D eigenvalue weighted by atomic mass is 19.1. The Morgan fingerprint density at radius 1 is 0.725 bits per heavy atom. The molecule has 0 saturated heterocycles. The summed E-state index contributed by atoms with van der Waals surface area (Å²) in [5.74, 6) is 0.200. The third-order valence-electron chi connectivity index (χ3n) is 6.41. The molecule has 0 spiro atoms. The first-order valence-corrected chi connectivity index (χ1v) is 12.3. The van der Waals surface area contributed by atoms with Gasteiger partial charge in [-0.3, -0.25) is 4.98 Å². The minimum absolute atomic E-state index is 0.0334. The van der Waals surface area contributed by atoms with Crippen molar-refractivity contribution in [2.24, 2.45) is 4.99 Å². The minimum atomic E-state index is -0.391. The second-order valence-electron chi connectivity index (χ2n) is 9.14. The molecule has 0 amide bonds. The van der Waals surface area contributed by atoms with Crippen LogP contribution >= 0.6 is 0 Å². The largest absolute Gasteiger partial charge is 0.415 e. The zero-order valence-corrected chi connectivity index (χ0v) is 20.8. The highest BCUT2D eigenvalue weighted by molar-refractivity contribution is 6.07. The van der Waals surface area contributed by atoms with Crippen LogP contribution in [-0.2, 0) is 0 Å². The molecule has 0 radical (unpaired) electrons. The van der Waals surface area contributed by atoms with Gasteiger partial charge in [-0.2, -0.15) is 0 Å². The Hall–Kier alpha value is -5.45. The molecule has 3 aromatic carbocycles. The lowest BCUT2D eigenvalue weighted by molar-refractivity contribution is 0.559. The monoisotopic (exact) mass is 533 g/mol. The van der Waals surface area contributed by atoms with Gasteiger partial charge in [0, 0.05) is 23.1 Å². The van der Waals surface area contributed by atoms with Crippen molar-refractivity contribution in [2.75, 3.05) is 0 Å². The van der Waals surface area contributed by atoms with Crippen LogP contribution < -0.4 is 0 Å². The van der Waals surface area contributed by atoms with Gasteiger partial charge in [-0.05, 0) is 60.2 Å². The van der Waals surface area contributed by atoms with Crippen molar-refractivity contribution in [3.63, 3.8) is 0 Å². The van der Waals surface area contributed by atoms with E-state index in [1.54, 1.807) is 24.3 Å². The van der Waals surface area contributed by atoms with Gasteiger partial charge in [-0.15, -0.1) is 20.4 Å². The third-order valence-corrected chi connectivity index (χ3v) is 6.41. The summed E-state index contributed by atoms with van der Waals surface area (Å²) in [4.78, 5) is 13.3. The van der Waals surface area contributed by atoms with Crippen LogP contribution in [0.5, 0.6) is 0 Å². The van der Waals surface area contributed by atoms with E-state index in [9.17, 15) is 8.78 Å². The summed E-state index contributed by atoms with van der Waals surface area (Å²) in [6.07, 6.45) is 5.16. The Morgan fingerprint density at radius 3 is 2.25 bits per heavy atom. The van der Waals surface area contributed by atoms with Crippen LogP contribution in [0, 0.1) is 11.6 Å². The molecule has 9 nitrogen and oxygen atoms in total. The second-order valence-corrected chi connectivity index (χ2v) is 9.14. The summed E-state index contributed by atoms with van der Waals surface area (Å²) < 4.78 is 39.1. The number of aliphatic imine (C=N–C) groups is 1. The number of benzene rings is 3. The average molecular weight is 533 g/mol. The van der Waals surface area contributed by atoms with Crippen molar-refractivity contribution in [3.8, 4) is 34.5 Å². The van der Waals surface area contributed by atoms with Gasteiger partial charge in [0.1, 0.15) is 23.0 Å². The van der Waals surface area contributed by atoms with Crippen LogP contribution in [-0.4, -0.2) is 36.1 Å². The van der Waals surface area contributed by atoms with Crippen LogP contribution in [0.1, 0.15) is 24.3 Å². The third kappa shape index (κ3) is 4.33. The molecule has 7 rings (SSSR count). The highest BCUT2D eigenvalue weighted by Gasteiger charge is 2.19. The van der Waals surface area contributed by atoms with Gasteiger partial charge >= 0.3 is 0 Å². The molecule has 0 aliphatic carbocycles. The number of hydrogen-bond acceptors (Lipinski definition) is 9. The lowest BCUT2D eigenvalue weighted by atomic mass is 9.99. The van der Waals surface area contributed by atoms with Crippen LogP contribution in [0.15, 0.2) is 92.8 Å². The SMILES string of the molecule is C[C@@H]1C=CC(c2nnc(-c3cccc(-c4nnc(-c5cnc6cc(F)ccc6n5)o4)c3)o2)=Nc2ccc(F)cc21. The average Bonchev–Trinajstić information content (AvgIpc) is 3.64. The number of nitrogens with zero attached hydrogens (tertiary/aromatic N) is 7. The molecule has 0 saturated carbocycles. The molecule has 3 aromatic heterocycles. The van der Waals surface area contributed by atoms with Crippen molar-refractivity contribution < 1.29 is 17.6 Å². The second kappa shape index (κ2) is 9.38. The summed E-state index contributed by atoms with van der Waals surface area (Å²) in [6.45, 7) is 1.97. The van der Waals surface area contributed by atoms with Crippen LogP contribution in [0.4, 0.5) is 14.5 Å². The van der Waals surface area contributed by atoms with E-state index in [0.29, 0.717) is 39.3 Å². The van der Waals surface area contributed by atoms with E-state index in [1.165, 1.54) is 36.5 Å². The molecular formula is C29H17F2N7O2. The number of halogens is 2. The molecule has 0 N–H and O–H groups in total. The molecule has 0 bridgehead atoms. The number of rotatable bonds is 4. The first-order chi connectivity index (χ1) is 19.5. The lowest BCUT2D eigenvalue weighted by Crippen LogP contribution is -1.96. The smallest absolute Gasteiger partial charge is 0.268 e. The number of fused-ring (bicyclic) bond motifs is 2. The number of hydrogen-bond donors (Lipinski definition) is 0. The number of aromatic nitrogens is 6. The summed E-state index contributed by atoms with van der Waals surface area (Å²) in [7, 11) is 0. The number of allylic oxidation sites excluding steroid dienone is 2. The minimum Gasteiger partial charge on any atom is -0.415 e. The summed E-state index contributed by atoms with van der Waals surface area (Å²) in [6, 6.07) is 15.9. The first-order valence-electron chi connectivity index (χ1n) is 12.3. The molecule has 1 aliphatic heterocycles. The van der Waals surface area contributed by atoms with E-state index < -0.39 is 5.82 Å². The standard InChI is InChI=1S/C29H17F2N7O2/c1-15-5-8-23(33-21-9-6-18(30)12-20(15)21)28-37-35-26(39-28)16-3-2-4-17(11-16)27-36-38-29(40-27)25-14-32-24-13-19(31)7-10-22(24)34-25/h2-15H,1H3/t15-/m1/s1. The van der Waals surface area contributed by atoms with Crippen molar-refractivity contribution >= 4 is 22.4 Å². The summed E-state index contributed by atoms with van der Waals surface area (Å²) in [5, 5.41) is 16.6. The fourth-order valence-electron chi connectivity index (χ4n) is 4.38. The van der Waals surface area contributed by atoms with Gasteiger partial charge in [-0.25, -0.2) is 18.8 Å². The van der Waals surface area contributed by atoms with E-state index in [-0.39, 0.29) is 35.3 Å². The molecular weight excluding hydrogens is 516 g/mol. The maximum atomic E-state index is 13.8. The summed E-state index contributed by atoms with van der Waals surface area (Å²) in [5.41, 5.74) is 4.46. The quantitative estimate of drug-likeness (QED) is 0.253. The Kier molecular flexibility index (Phi) is 5.55. The van der Waals surface area contributed by atoms with E-state index in [0.717, 1.165) is 5.56 Å². The fourth-order valence-corrected chi connectivity index (χ4v) is 4.38.